The molecule has 1 rings (SSSR count). The van der Waals surface area contributed by atoms with Crippen LogP contribution in [0.2, 0.25) is 10.0 Å². The molecule has 0 radical (unpaired) electrons. The van der Waals surface area contributed by atoms with Gasteiger partial charge in [-0.05, 0) is 31.5 Å². The third-order valence-corrected chi connectivity index (χ3v) is 2.69. The predicted molar refractivity (Wildman–Crippen MR) is 57.6 cm³/mol. The Morgan fingerprint density at radius 3 is 2.43 bits per heavy atom. The number of isocyanates is 1. The van der Waals surface area contributed by atoms with Crippen molar-refractivity contribution in [1.82, 2.24) is 0 Å². The smallest absolute Gasteiger partial charge is 0.211 e. The molecule has 0 spiro atoms. The van der Waals surface area contributed by atoms with Gasteiger partial charge in [0.15, 0.2) is 0 Å². The van der Waals surface area contributed by atoms with E-state index in [4.69, 9.17) is 23.2 Å². The van der Waals surface area contributed by atoms with E-state index in [-0.39, 0.29) is 0 Å². The minimum atomic E-state index is -0.615. The number of hydrogen-bond donors (Lipinski definition) is 0. The highest BCUT2D eigenvalue weighted by molar-refractivity contribution is 6.42. The van der Waals surface area contributed by atoms with Gasteiger partial charge in [0.2, 0.25) is 6.08 Å². The van der Waals surface area contributed by atoms with Crippen molar-refractivity contribution in [2.75, 3.05) is 0 Å². The summed E-state index contributed by atoms with van der Waals surface area (Å²) in [5.74, 6) is 0. The zero-order valence-corrected chi connectivity index (χ0v) is 9.36. The lowest BCUT2D eigenvalue weighted by Crippen LogP contribution is -2.13. The van der Waals surface area contributed by atoms with Crippen LogP contribution < -0.4 is 0 Å². The normalized spacial score (nSPS) is 10.9. The summed E-state index contributed by atoms with van der Waals surface area (Å²) in [4.78, 5) is 13.9. The molecule has 0 fully saturated rings. The molecule has 4 heteroatoms. The molecule has 1 aromatic rings. The maximum atomic E-state index is 10.2. The van der Waals surface area contributed by atoms with Gasteiger partial charge >= 0.3 is 0 Å². The van der Waals surface area contributed by atoms with Crippen molar-refractivity contribution in [3.63, 3.8) is 0 Å². The molecule has 0 aliphatic heterocycles. The summed E-state index contributed by atoms with van der Waals surface area (Å²) < 4.78 is 0. The van der Waals surface area contributed by atoms with Gasteiger partial charge in [0, 0.05) is 0 Å². The largest absolute Gasteiger partial charge is 0.235 e. The molecule has 0 saturated heterocycles. The SMILES string of the molecule is CC(C)(N=C=O)c1ccc(Cl)c(Cl)c1. The van der Waals surface area contributed by atoms with E-state index in [1.54, 1.807) is 32.0 Å². The monoisotopic (exact) mass is 229 g/mol. The van der Waals surface area contributed by atoms with Gasteiger partial charge in [-0.1, -0.05) is 29.3 Å². The van der Waals surface area contributed by atoms with Crippen LogP contribution in [0.15, 0.2) is 23.2 Å². The second-order valence-corrected chi connectivity index (χ2v) is 4.21. The van der Waals surface area contributed by atoms with Gasteiger partial charge in [0.05, 0.1) is 15.6 Å². The first-order valence-corrected chi connectivity index (χ1v) is 4.77. The van der Waals surface area contributed by atoms with Gasteiger partial charge in [-0.15, -0.1) is 0 Å². The molecule has 0 N–H and O–H groups in total. The number of hydrogen-bond acceptors (Lipinski definition) is 2. The lowest BCUT2D eigenvalue weighted by Gasteiger charge is -2.18. The van der Waals surface area contributed by atoms with Crippen LogP contribution in [0.4, 0.5) is 0 Å². The Bertz CT molecular complexity index is 395. The van der Waals surface area contributed by atoms with Crippen molar-refractivity contribution >= 4 is 29.3 Å². The number of carbonyl (C=O) groups excluding carboxylic acids is 1. The number of benzene rings is 1. The number of aliphatic imine (C=N–C) groups is 1. The van der Waals surface area contributed by atoms with E-state index in [1.807, 2.05) is 0 Å². The zero-order chi connectivity index (χ0) is 10.8. The zero-order valence-electron chi connectivity index (χ0n) is 7.84. The van der Waals surface area contributed by atoms with Crippen molar-refractivity contribution in [2.45, 2.75) is 19.4 Å². The van der Waals surface area contributed by atoms with Gasteiger partial charge in [0.25, 0.3) is 0 Å². The fraction of sp³-hybridized carbons (Fsp3) is 0.300. The first-order valence-electron chi connectivity index (χ1n) is 4.02. The quantitative estimate of drug-likeness (QED) is 0.564. The van der Waals surface area contributed by atoms with Crippen molar-refractivity contribution in [3.05, 3.63) is 33.8 Å². The Balaban J connectivity index is 3.20. The van der Waals surface area contributed by atoms with Gasteiger partial charge in [0.1, 0.15) is 0 Å². The van der Waals surface area contributed by atoms with E-state index in [0.29, 0.717) is 10.0 Å². The Morgan fingerprint density at radius 1 is 1.29 bits per heavy atom. The third-order valence-electron chi connectivity index (χ3n) is 1.95. The van der Waals surface area contributed by atoms with Crippen LogP contribution >= 0.6 is 23.2 Å². The summed E-state index contributed by atoms with van der Waals surface area (Å²) in [5, 5.41) is 0.944. The Labute approximate surface area is 92.6 Å². The maximum absolute atomic E-state index is 10.2. The van der Waals surface area contributed by atoms with Crippen LogP contribution in [0.1, 0.15) is 19.4 Å². The molecule has 0 aromatic heterocycles. The molecule has 0 unspecified atom stereocenters. The van der Waals surface area contributed by atoms with Crippen LogP contribution in [0, 0.1) is 0 Å². The van der Waals surface area contributed by atoms with Crippen LogP contribution in [0.5, 0.6) is 0 Å². The lowest BCUT2D eigenvalue weighted by molar-refractivity contribution is 0.523. The van der Waals surface area contributed by atoms with E-state index in [1.165, 1.54) is 6.08 Å². The van der Waals surface area contributed by atoms with Crippen LogP contribution in [0.3, 0.4) is 0 Å². The molecule has 0 aliphatic rings. The summed E-state index contributed by atoms with van der Waals surface area (Å²) in [6.45, 7) is 3.61. The predicted octanol–water partition coefficient (Wildman–Crippen LogP) is 3.56. The molecule has 0 bridgehead atoms. The molecule has 2 nitrogen and oxygen atoms in total. The first-order chi connectivity index (χ1) is 6.47. The standard InChI is InChI=1S/C10H9Cl2NO/c1-10(2,13-6-14)7-3-4-8(11)9(12)5-7/h3-5H,1-2H3. The van der Waals surface area contributed by atoms with Crippen molar-refractivity contribution < 1.29 is 4.79 Å². The summed E-state index contributed by atoms with van der Waals surface area (Å²) in [6, 6.07) is 5.17. The number of halogens is 2. The number of rotatable bonds is 2. The maximum Gasteiger partial charge on any atom is 0.235 e. The second kappa shape index (κ2) is 4.14. The van der Waals surface area contributed by atoms with E-state index >= 15 is 0 Å². The Hall–Kier alpha value is -0.820. The Kier molecular flexibility index (Phi) is 3.33. The molecule has 0 atom stereocenters. The summed E-state index contributed by atoms with van der Waals surface area (Å²) in [5.41, 5.74) is 0.214. The fourth-order valence-corrected chi connectivity index (χ4v) is 1.35. The number of nitrogens with zero attached hydrogens (tertiary/aromatic N) is 1. The average Bonchev–Trinajstić information content (AvgIpc) is 2.09. The second-order valence-electron chi connectivity index (χ2n) is 3.39. The molecular formula is C10H9Cl2NO. The van der Waals surface area contributed by atoms with Crippen molar-refractivity contribution in [1.29, 1.82) is 0 Å². The highest BCUT2D eigenvalue weighted by Gasteiger charge is 2.19. The molecule has 0 aliphatic carbocycles. The minimum absolute atomic E-state index is 0.457. The fourth-order valence-electron chi connectivity index (χ4n) is 1.06. The third kappa shape index (κ3) is 2.36. The summed E-state index contributed by atoms with van der Waals surface area (Å²) in [7, 11) is 0. The van der Waals surface area contributed by atoms with Gasteiger partial charge in [-0.25, -0.2) is 4.79 Å². The van der Waals surface area contributed by atoms with E-state index < -0.39 is 5.54 Å². The van der Waals surface area contributed by atoms with Crippen molar-refractivity contribution in [3.8, 4) is 0 Å². The summed E-state index contributed by atoms with van der Waals surface area (Å²) in [6.07, 6.45) is 1.54. The topological polar surface area (TPSA) is 29.4 Å². The van der Waals surface area contributed by atoms with Crippen LogP contribution in [-0.2, 0) is 10.3 Å². The van der Waals surface area contributed by atoms with E-state index in [2.05, 4.69) is 4.99 Å². The summed E-state index contributed by atoms with van der Waals surface area (Å²) >= 11 is 11.6. The molecule has 0 amide bonds. The average molecular weight is 230 g/mol. The molecule has 1 aromatic carbocycles. The van der Waals surface area contributed by atoms with E-state index in [0.717, 1.165) is 5.56 Å². The highest BCUT2D eigenvalue weighted by atomic mass is 35.5. The Morgan fingerprint density at radius 2 is 1.93 bits per heavy atom. The molecule has 14 heavy (non-hydrogen) atoms. The highest BCUT2D eigenvalue weighted by Crippen LogP contribution is 2.30. The van der Waals surface area contributed by atoms with Gasteiger partial charge in [-0.2, -0.15) is 4.99 Å². The lowest BCUT2D eigenvalue weighted by atomic mass is 9.95. The van der Waals surface area contributed by atoms with Crippen LogP contribution in [0.25, 0.3) is 0 Å². The molecule has 74 valence electrons. The minimum Gasteiger partial charge on any atom is -0.211 e. The van der Waals surface area contributed by atoms with E-state index in [9.17, 15) is 4.79 Å². The van der Waals surface area contributed by atoms with Crippen LogP contribution in [-0.4, -0.2) is 6.08 Å². The molecular weight excluding hydrogens is 221 g/mol. The molecule has 0 saturated carbocycles. The first kappa shape index (κ1) is 11.3. The van der Waals surface area contributed by atoms with Crippen molar-refractivity contribution in [2.24, 2.45) is 4.99 Å². The van der Waals surface area contributed by atoms with Gasteiger partial charge in [-0.3, -0.25) is 0 Å². The van der Waals surface area contributed by atoms with Gasteiger partial charge < -0.3 is 0 Å². The molecule has 0 heterocycles.